The molecule has 1 aromatic carbocycles. The molecule has 2 aromatic rings. The highest BCUT2D eigenvalue weighted by molar-refractivity contribution is 9.10. The smallest absolute Gasteiger partial charge is 0.264 e. The van der Waals surface area contributed by atoms with Crippen molar-refractivity contribution < 1.29 is 14.3 Å². The molecule has 118 valence electrons. The van der Waals surface area contributed by atoms with Crippen LogP contribution < -0.4 is 10.1 Å². The van der Waals surface area contributed by atoms with Crippen molar-refractivity contribution in [2.24, 2.45) is 0 Å². The van der Waals surface area contributed by atoms with Crippen molar-refractivity contribution in [3.63, 3.8) is 0 Å². The Labute approximate surface area is 141 Å². The normalized spacial score (nSPS) is 10.5. The van der Waals surface area contributed by atoms with Gasteiger partial charge in [0.2, 0.25) is 5.13 Å². The zero-order valence-corrected chi connectivity index (χ0v) is 14.7. The molecule has 0 saturated carbocycles. The van der Waals surface area contributed by atoms with Gasteiger partial charge < -0.3 is 9.47 Å². The molecule has 0 fully saturated rings. The largest absolute Gasteiger partial charge is 0.483 e. The van der Waals surface area contributed by atoms with Gasteiger partial charge in [0.25, 0.3) is 5.91 Å². The summed E-state index contributed by atoms with van der Waals surface area (Å²) in [6.45, 7) is 2.34. The first-order valence-electron chi connectivity index (χ1n) is 6.64. The van der Waals surface area contributed by atoms with Crippen molar-refractivity contribution >= 4 is 38.3 Å². The Morgan fingerprint density at radius 2 is 2.23 bits per heavy atom. The van der Waals surface area contributed by atoms with Crippen LogP contribution in [0.5, 0.6) is 5.75 Å². The maximum atomic E-state index is 11.9. The number of carbonyl (C=O) groups excluding carboxylic acids is 1. The fourth-order valence-electron chi connectivity index (χ4n) is 1.75. The average Bonchev–Trinajstić information content (AvgIpc) is 2.93. The third kappa shape index (κ3) is 4.75. The molecule has 0 radical (unpaired) electrons. The fraction of sp³-hybridized carbons (Fsp3) is 0.357. The quantitative estimate of drug-likeness (QED) is 0.792. The molecule has 1 N–H and O–H groups in total. The van der Waals surface area contributed by atoms with Crippen molar-refractivity contribution in [3.8, 4) is 5.75 Å². The van der Waals surface area contributed by atoms with Gasteiger partial charge in [-0.3, -0.25) is 10.1 Å². The van der Waals surface area contributed by atoms with E-state index in [9.17, 15) is 4.79 Å². The van der Waals surface area contributed by atoms with E-state index in [1.165, 1.54) is 11.3 Å². The number of nitrogens with one attached hydrogen (secondary N) is 1. The molecule has 22 heavy (non-hydrogen) atoms. The summed E-state index contributed by atoms with van der Waals surface area (Å²) in [5.41, 5.74) is 1.04. The molecule has 0 spiro atoms. The van der Waals surface area contributed by atoms with Gasteiger partial charge in [0, 0.05) is 11.6 Å². The lowest BCUT2D eigenvalue weighted by Gasteiger charge is -2.10. The van der Waals surface area contributed by atoms with Gasteiger partial charge in [-0.25, -0.2) is 0 Å². The Balaban J connectivity index is 1.89. The van der Waals surface area contributed by atoms with Crippen LogP contribution in [-0.4, -0.2) is 29.8 Å². The third-order valence-electron chi connectivity index (χ3n) is 2.74. The maximum Gasteiger partial charge on any atom is 0.264 e. The lowest BCUT2D eigenvalue weighted by Crippen LogP contribution is -2.20. The van der Waals surface area contributed by atoms with E-state index in [1.54, 1.807) is 7.11 Å². The van der Waals surface area contributed by atoms with Gasteiger partial charge in [-0.05, 0) is 30.2 Å². The Hall–Kier alpha value is -1.51. The van der Waals surface area contributed by atoms with Crippen molar-refractivity contribution in [2.75, 3.05) is 19.0 Å². The van der Waals surface area contributed by atoms with Crippen LogP contribution >= 0.6 is 27.3 Å². The van der Waals surface area contributed by atoms with Gasteiger partial charge in [-0.15, -0.1) is 10.2 Å². The number of ether oxygens (including phenoxy) is 2. The summed E-state index contributed by atoms with van der Waals surface area (Å²) in [5, 5.41) is 11.6. The van der Waals surface area contributed by atoms with Crippen LogP contribution in [0.4, 0.5) is 5.13 Å². The Morgan fingerprint density at radius 1 is 1.41 bits per heavy atom. The summed E-state index contributed by atoms with van der Waals surface area (Å²) >= 11 is 4.69. The maximum absolute atomic E-state index is 11.9. The number of aryl methyl sites for hydroxylation is 1. The van der Waals surface area contributed by atoms with Gasteiger partial charge in [0.15, 0.2) is 6.61 Å². The lowest BCUT2D eigenvalue weighted by atomic mass is 10.1. The van der Waals surface area contributed by atoms with E-state index in [0.717, 1.165) is 16.5 Å². The first kappa shape index (κ1) is 16.9. The van der Waals surface area contributed by atoms with Gasteiger partial charge in [0.1, 0.15) is 17.4 Å². The molecule has 0 aliphatic heterocycles. The minimum absolute atomic E-state index is 0.0756. The second-order valence-electron chi connectivity index (χ2n) is 4.38. The van der Waals surface area contributed by atoms with Crippen LogP contribution in [0.25, 0.3) is 0 Å². The first-order valence-corrected chi connectivity index (χ1v) is 8.25. The molecule has 2 rings (SSSR count). The summed E-state index contributed by atoms with van der Waals surface area (Å²) in [6.07, 6.45) is 0.827. The highest BCUT2D eigenvalue weighted by Crippen LogP contribution is 2.23. The van der Waals surface area contributed by atoms with E-state index in [0.29, 0.717) is 22.5 Å². The van der Waals surface area contributed by atoms with Crippen molar-refractivity contribution in [3.05, 3.63) is 33.2 Å². The van der Waals surface area contributed by atoms with Gasteiger partial charge in [0.05, 0.1) is 0 Å². The minimum atomic E-state index is -0.273. The number of benzene rings is 1. The van der Waals surface area contributed by atoms with Crippen LogP contribution in [0.1, 0.15) is 17.5 Å². The van der Waals surface area contributed by atoms with Crippen LogP contribution in [0.3, 0.4) is 0 Å². The summed E-state index contributed by atoms with van der Waals surface area (Å²) in [6, 6.07) is 5.71. The molecular weight excluding hydrogens is 370 g/mol. The van der Waals surface area contributed by atoms with E-state index in [-0.39, 0.29) is 12.5 Å². The van der Waals surface area contributed by atoms with Crippen molar-refractivity contribution in [2.45, 2.75) is 20.0 Å². The summed E-state index contributed by atoms with van der Waals surface area (Å²) in [4.78, 5) is 11.9. The standard InChI is InChI=1S/C14H16BrN3O3S/c1-3-9-6-10(15)4-5-11(9)21-7-12(19)16-14-18-17-13(22-14)8-20-2/h4-6H,3,7-8H2,1-2H3,(H,16,18,19). The van der Waals surface area contributed by atoms with Crippen LogP contribution in [0.2, 0.25) is 0 Å². The molecule has 1 aromatic heterocycles. The predicted molar refractivity (Wildman–Crippen MR) is 88.3 cm³/mol. The number of methoxy groups -OCH3 is 1. The fourth-order valence-corrected chi connectivity index (χ4v) is 2.89. The Morgan fingerprint density at radius 3 is 2.95 bits per heavy atom. The SMILES string of the molecule is CCc1cc(Br)ccc1OCC(=O)Nc1nnc(COC)s1. The number of hydrogen-bond donors (Lipinski definition) is 1. The lowest BCUT2D eigenvalue weighted by molar-refractivity contribution is -0.118. The van der Waals surface area contributed by atoms with E-state index >= 15 is 0 Å². The molecule has 0 unspecified atom stereocenters. The topological polar surface area (TPSA) is 73.3 Å². The number of nitrogens with zero attached hydrogens (tertiary/aromatic N) is 2. The molecule has 8 heteroatoms. The number of aromatic nitrogens is 2. The van der Waals surface area contributed by atoms with Crippen molar-refractivity contribution in [1.29, 1.82) is 0 Å². The van der Waals surface area contributed by atoms with Gasteiger partial charge in [-0.2, -0.15) is 0 Å². The number of rotatable bonds is 7. The summed E-state index contributed by atoms with van der Waals surface area (Å²) in [5.74, 6) is 0.434. The molecule has 0 aliphatic carbocycles. The monoisotopic (exact) mass is 385 g/mol. The first-order chi connectivity index (χ1) is 10.6. The number of carbonyl (C=O) groups is 1. The molecule has 0 saturated heterocycles. The van der Waals surface area contributed by atoms with Crippen LogP contribution in [0.15, 0.2) is 22.7 Å². The zero-order valence-electron chi connectivity index (χ0n) is 12.3. The molecular formula is C14H16BrN3O3S. The molecule has 6 nitrogen and oxygen atoms in total. The summed E-state index contributed by atoms with van der Waals surface area (Å²) < 4.78 is 11.5. The van der Waals surface area contributed by atoms with Crippen LogP contribution in [-0.2, 0) is 22.6 Å². The molecule has 1 heterocycles. The Bertz CT molecular complexity index is 648. The second-order valence-corrected chi connectivity index (χ2v) is 6.35. The highest BCUT2D eigenvalue weighted by atomic mass is 79.9. The third-order valence-corrected chi connectivity index (χ3v) is 4.05. The highest BCUT2D eigenvalue weighted by Gasteiger charge is 2.10. The van der Waals surface area contributed by atoms with Gasteiger partial charge in [-0.1, -0.05) is 34.2 Å². The Kier molecular flexibility index (Phi) is 6.29. The molecule has 0 atom stereocenters. The molecule has 0 bridgehead atoms. The van der Waals surface area contributed by atoms with Crippen LogP contribution in [0, 0.1) is 0 Å². The predicted octanol–water partition coefficient (Wildman–Crippen LogP) is 3.03. The van der Waals surface area contributed by atoms with Crippen molar-refractivity contribution in [1.82, 2.24) is 10.2 Å². The minimum Gasteiger partial charge on any atom is -0.483 e. The van der Waals surface area contributed by atoms with E-state index in [1.807, 2.05) is 25.1 Å². The zero-order chi connectivity index (χ0) is 15.9. The number of hydrogen-bond acceptors (Lipinski definition) is 6. The number of amides is 1. The molecule has 0 aliphatic rings. The van der Waals surface area contributed by atoms with E-state index < -0.39 is 0 Å². The van der Waals surface area contributed by atoms with E-state index in [2.05, 4.69) is 31.4 Å². The number of halogens is 1. The number of anilines is 1. The average molecular weight is 386 g/mol. The van der Waals surface area contributed by atoms with Gasteiger partial charge >= 0.3 is 0 Å². The van der Waals surface area contributed by atoms with E-state index in [4.69, 9.17) is 9.47 Å². The molecule has 1 amide bonds. The summed E-state index contributed by atoms with van der Waals surface area (Å²) in [7, 11) is 1.58. The second kappa shape index (κ2) is 8.21.